The van der Waals surface area contributed by atoms with Crippen LogP contribution in [0.15, 0.2) is 68.8 Å². The summed E-state index contributed by atoms with van der Waals surface area (Å²) in [4.78, 5) is 0.101. The Hall–Kier alpha value is -2.86. The van der Waals surface area contributed by atoms with Gasteiger partial charge in [-0.1, -0.05) is 18.9 Å². The number of aryl methyl sites for hydroxylation is 1. The molecule has 2 aliphatic rings. The highest BCUT2D eigenvalue weighted by molar-refractivity contribution is 7.89. The molecule has 3 aromatic rings. The molecule has 0 atom stereocenters. The summed E-state index contributed by atoms with van der Waals surface area (Å²) in [5, 5.41) is 0. The van der Waals surface area contributed by atoms with E-state index >= 15 is 0 Å². The van der Waals surface area contributed by atoms with Gasteiger partial charge in [-0.05, 0) is 73.9 Å². The predicted octanol–water partition coefficient (Wildman–Crippen LogP) is 4.27. The molecule has 0 N–H and O–H groups in total. The fourth-order valence-electron chi connectivity index (χ4n) is 4.58. The lowest BCUT2D eigenvalue weighted by Crippen LogP contribution is -2.32. The van der Waals surface area contributed by atoms with E-state index in [1.807, 2.05) is 0 Å². The van der Waals surface area contributed by atoms with Crippen molar-refractivity contribution in [1.29, 1.82) is 0 Å². The maximum Gasteiger partial charge on any atom is 0.243 e. The van der Waals surface area contributed by atoms with Crippen LogP contribution >= 0.6 is 0 Å². The van der Waals surface area contributed by atoms with Gasteiger partial charge in [0.2, 0.25) is 26.8 Å². The van der Waals surface area contributed by atoms with Crippen LogP contribution in [0, 0.1) is 6.92 Å². The molecule has 9 nitrogen and oxygen atoms in total. The summed E-state index contributed by atoms with van der Waals surface area (Å²) < 4.78 is 73.1. The molecular formula is C26H30N2O7S2. The van der Waals surface area contributed by atoms with E-state index in [0.717, 1.165) is 31.2 Å². The first-order chi connectivity index (χ1) is 17.7. The first-order valence-corrected chi connectivity index (χ1v) is 15.2. The number of hydrogen-bond acceptors (Lipinski definition) is 7. The second kappa shape index (κ2) is 10.5. The molecule has 0 unspecified atom stereocenters. The van der Waals surface area contributed by atoms with Crippen molar-refractivity contribution in [2.75, 3.05) is 19.9 Å². The Kier molecular flexibility index (Phi) is 7.30. The number of benzene rings is 2. The molecule has 0 spiro atoms. The van der Waals surface area contributed by atoms with Gasteiger partial charge in [0.1, 0.15) is 11.5 Å². The minimum absolute atomic E-state index is 0.00587. The van der Waals surface area contributed by atoms with Gasteiger partial charge < -0.3 is 13.9 Å². The standard InChI is InChI=1S/C26H30N2O7S2/c1-20-6-8-22(35-20)18-28(17-21-7-13-25-26(16-21)34-19-33-25)37(31,32)24-11-9-23(10-12-24)36(29,30)27-14-4-2-3-5-15-27/h6-13,16H,2-5,14-15,17-19H2,1H3. The normalized spacial score (nSPS) is 16.7. The maximum absolute atomic E-state index is 13.8. The number of rotatable bonds is 8. The van der Waals surface area contributed by atoms with E-state index < -0.39 is 20.0 Å². The van der Waals surface area contributed by atoms with Gasteiger partial charge in [-0.2, -0.15) is 8.61 Å². The van der Waals surface area contributed by atoms with E-state index in [-0.39, 0.29) is 29.7 Å². The molecule has 198 valence electrons. The Balaban J connectivity index is 1.43. The number of ether oxygens (including phenoxy) is 2. The Labute approximate surface area is 217 Å². The van der Waals surface area contributed by atoms with Gasteiger partial charge in [-0.15, -0.1) is 0 Å². The highest BCUT2D eigenvalue weighted by atomic mass is 32.2. The maximum atomic E-state index is 13.8. The third-order valence-corrected chi connectivity index (χ3v) is 10.3. The monoisotopic (exact) mass is 546 g/mol. The largest absolute Gasteiger partial charge is 0.465 e. The topological polar surface area (TPSA) is 106 Å². The highest BCUT2D eigenvalue weighted by Gasteiger charge is 2.29. The van der Waals surface area contributed by atoms with Gasteiger partial charge in [-0.25, -0.2) is 16.8 Å². The van der Waals surface area contributed by atoms with Crippen LogP contribution in [0.5, 0.6) is 11.5 Å². The molecule has 5 rings (SSSR count). The van der Waals surface area contributed by atoms with Crippen molar-refractivity contribution in [3.8, 4) is 11.5 Å². The summed E-state index contributed by atoms with van der Waals surface area (Å²) in [6.45, 7) is 2.95. The molecule has 1 saturated heterocycles. The molecule has 37 heavy (non-hydrogen) atoms. The lowest BCUT2D eigenvalue weighted by Gasteiger charge is -2.22. The number of fused-ring (bicyclic) bond motifs is 1. The fourth-order valence-corrected chi connectivity index (χ4v) is 7.49. The first kappa shape index (κ1) is 25.8. The number of hydrogen-bond donors (Lipinski definition) is 0. The van der Waals surface area contributed by atoms with Crippen LogP contribution in [-0.4, -0.2) is 45.3 Å². The van der Waals surface area contributed by atoms with Crippen LogP contribution in [0.4, 0.5) is 0 Å². The van der Waals surface area contributed by atoms with E-state index in [1.165, 1.54) is 32.9 Å². The third kappa shape index (κ3) is 5.54. The zero-order chi connectivity index (χ0) is 26.0. The summed E-state index contributed by atoms with van der Waals surface area (Å²) in [5.41, 5.74) is 0.719. The van der Waals surface area contributed by atoms with E-state index in [4.69, 9.17) is 13.9 Å². The minimum Gasteiger partial charge on any atom is -0.465 e. The minimum atomic E-state index is -4.00. The summed E-state index contributed by atoms with van der Waals surface area (Å²) >= 11 is 0. The van der Waals surface area contributed by atoms with Crippen LogP contribution in [0.1, 0.15) is 42.8 Å². The average molecular weight is 547 g/mol. The molecule has 0 aliphatic carbocycles. The van der Waals surface area contributed by atoms with Crippen LogP contribution in [0.25, 0.3) is 0 Å². The predicted molar refractivity (Wildman–Crippen MR) is 136 cm³/mol. The van der Waals surface area contributed by atoms with Crippen molar-refractivity contribution >= 4 is 20.0 Å². The van der Waals surface area contributed by atoms with Gasteiger partial charge in [0.05, 0.1) is 16.3 Å². The zero-order valence-electron chi connectivity index (χ0n) is 20.6. The Bertz CT molecular complexity index is 1460. The van der Waals surface area contributed by atoms with Crippen molar-refractivity contribution in [1.82, 2.24) is 8.61 Å². The van der Waals surface area contributed by atoms with Gasteiger partial charge in [-0.3, -0.25) is 0 Å². The third-order valence-electron chi connectivity index (χ3n) is 6.59. The molecule has 1 fully saturated rings. The molecule has 11 heteroatoms. The van der Waals surface area contributed by atoms with Crippen LogP contribution in [-0.2, 0) is 33.1 Å². The lowest BCUT2D eigenvalue weighted by atomic mass is 10.2. The molecule has 0 bridgehead atoms. The van der Waals surface area contributed by atoms with Crippen LogP contribution in [0.2, 0.25) is 0 Å². The molecular weight excluding hydrogens is 516 g/mol. The van der Waals surface area contributed by atoms with Crippen LogP contribution in [0.3, 0.4) is 0 Å². The average Bonchev–Trinajstić information content (AvgIpc) is 3.42. The van der Waals surface area contributed by atoms with Gasteiger partial charge >= 0.3 is 0 Å². The van der Waals surface area contributed by atoms with Gasteiger partial charge in [0.25, 0.3) is 0 Å². The number of sulfonamides is 2. The second-order valence-corrected chi connectivity index (χ2v) is 13.1. The molecule has 2 aromatic carbocycles. The van der Waals surface area contributed by atoms with E-state index in [1.54, 1.807) is 37.3 Å². The zero-order valence-corrected chi connectivity index (χ0v) is 22.3. The Morgan fingerprint density at radius 3 is 2.14 bits per heavy atom. The van der Waals surface area contributed by atoms with Crippen molar-refractivity contribution in [2.45, 2.75) is 55.5 Å². The molecule has 2 aliphatic heterocycles. The van der Waals surface area contributed by atoms with Crippen molar-refractivity contribution in [2.24, 2.45) is 0 Å². The SMILES string of the molecule is Cc1ccc(CN(Cc2ccc3c(c2)OCO3)S(=O)(=O)c2ccc(S(=O)(=O)N3CCCCCC3)cc2)o1. The van der Waals surface area contributed by atoms with E-state index in [9.17, 15) is 16.8 Å². The fraction of sp³-hybridized carbons (Fsp3) is 0.385. The molecule has 0 radical (unpaired) electrons. The number of nitrogens with zero attached hydrogens (tertiary/aromatic N) is 2. The summed E-state index contributed by atoms with van der Waals surface area (Å²) in [5.74, 6) is 2.36. The van der Waals surface area contributed by atoms with Crippen LogP contribution < -0.4 is 9.47 Å². The molecule has 0 saturated carbocycles. The smallest absolute Gasteiger partial charge is 0.243 e. The lowest BCUT2D eigenvalue weighted by molar-refractivity contribution is 0.174. The Morgan fingerprint density at radius 1 is 0.784 bits per heavy atom. The van der Waals surface area contributed by atoms with Gasteiger partial charge in [0, 0.05) is 19.6 Å². The summed E-state index contributed by atoms with van der Waals surface area (Å²) in [6.07, 6.45) is 3.68. The van der Waals surface area contributed by atoms with Crippen molar-refractivity contribution < 1.29 is 30.7 Å². The van der Waals surface area contributed by atoms with E-state index in [0.29, 0.717) is 36.1 Å². The van der Waals surface area contributed by atoms with Gasteiger partial charge in [0.15, 0.2) is 11.5 Å². The first-order valence-electron chi connectivity index (χ1n) is 12.3. The molecule has 0 amide bonds. The summed E-state index contributed by atoms with van der Waals surface area (Å²) in [6, 6.07) is 14.3. The highest BCUT2D eigenvalue weighted by Crippen LogP contribution is 2.34. The number of furan rings is 1. The second-order valence-electron chi connectivity index (χ2n) is 9.26. The molecule has 1 aromatic heterocycles. The van der Waals surface area contributed by atoms with Crippen molar-refractivity contribution in [3.05, 3.63) is 71.7 Å². The van der Waals surface area contributed by atoms with Crippen molar-refractivity contribution in [3.63, 3.8) is 0 Å². The van der Waals surface area contributed by atoms with E-state index in [2.05, 4.69) is 0 Å². The quantitative estimate of drug-likeness (QED) is 0.415. The summed E-state index contributed by atoms with van der Waals surface area (Å²) in [7, 11) is -7.69. The molecule has 3 heterocycles. The Morgan fingerprint density at radius 2 is 1.46 bits per heavy atom.